The maximum Gasteiger partial charge on any atom is 0.254 e. The molecule has 1 aliphatic rings. The van der Waals surface area contributed by atoms with E-state index >= 15 is 0 Å². The molecule has 148 valence electrons. The number of nitrogens with zero attached hydrogens (tertiary/aromatic N) is 3. The molecule has 2 N–H and O–H groups in total. The van der Waals surface area contributed by atoms with E-state index in [4.69, 9.17) is 0 Å². The molecule has 1 aliphatic heterocycles. The molecule has 0 saturated carbocycles. The van der Waals surface area contributed by atoms with Gasteiger partial charge in [-0.25, -0.2) is 9.97 Å². The third-order valence-electron chi connectivity index (χ3n) is 4.82. The lowest BCUT2D eigenvalue weighted by Crippen LogP contribution is -2.57. The molecule has 0 spiro atoms. The Kier molecular flexibility index (Phi) is 6.36. The van der Waals surface area contributed by atoms with Crippen LogP contribution in [0.5, 0.6) is 0 Å². The van der Waals surface area contributed by atoms with Crippen molar-refractivity contribution in [3.05, 3.63) is 47.4 Å². The average molecular weight is 382 g/mol. The zero-order valence-electron chi connectivity index (χ0n) is 16.3. The van der Waals surface area contributed by atoms with Gasteiger partial charge in [0.05, 0.1) is 5.69 Å². The highest BCUT2D eigenvalue weighted by Gasteiger charge is 2.32. The number of aryl methyl sites for hydroxylation is 2. The number of aromatic nitrogens is 2. The summed E-state index contributed by atoms with van der Waals surface area (Å²) >= 11 is 0. The number of rotatable bonds is 6. The third-order valence-corrected chi connectivity index (χ3v) is 4.82. The molecule has 0 bridgehead atoms. The second-order valence-corrected chi connectivity index (χ2v) is 6.94. The van der Waals surface area contributed by atoms with Crippen molar-refractivity contribution in [1.29, 1.82) is 0 Å². The van der Waals surface area contributed by atoms with E-state index in [-0.39, 0.29) is 24.8 Å². The molecule has 28 heavy (non-hydrogen) atoms. The van der Waals surface area contributed by atoms with Crippen LogP contribution in [0.25, 0.3) is 11.3 Å². The third kappa shape index (κ3) is 4.36. The van der Waals surface area contributed by atoms with Gasteiger partial charge < -0.3 is 15.3 Å². The van der Waals surface area contributed by atoms with E-state index in [9.17, 15) is 14.7 Å². The molecule has 0 aliphatic carbocycles. The number of amides is 2. The van der Waals surface area contributed by atoms with E-state index in [1.807, 2.05) is 25.1 Å². The van der Waals surface area contributed by atoms with Crippen molar-refractivity contribution < 1.29 is 14.7 Å². The summed E-state index contributed by atoms with van der Waals surface area (Å²) in [6, 6.07) is 8.62. The quantitative estimate of drug-likeness (QED) is 0.793. The molecule has 0 unspecified atom stereocenters. The number of carbonyl (C=O) groups excluding carboxylic acids is 2. The maximum atomic E-state index is 12.9. The molecule has 1 atom stereocenters. The first-order valence-corrected chi connectivity index (χ1v) is 9.68. The molecule has 1 aromatic heterocycles. The second-order valence-electron chi connectivity index (χ2n) is 6.94. The van der Waals surface area contributed by atoms with Gasteiger partial charge in [0.2, 0.25) is 5.91 Å². The first-order valence-electron chi connectivity index (χ1n) is 9.68. The Labute approximate surface area is 164 Å². The number of hydrogen-bond donors (Lipinski definition) is 2. The molecule has 2 amide bonds. The Morgan fingerprint density at radius 3 is 2.71 bits per heavy atom. The summed E-state index contributed by atoms with van der Waals surface area (Å²) in [6.45, 7) is 4.70. The lowest BCUT2D eigenvalue weighted by atomic mass is 10.0. The van der Waals surface area contributed by atoms with Gasteiger partial charge in [0, 0.05) is 36.5 Å². The summed E-state index contributed by atoms with van der Waals surface area (Å²) in [5.41, 5.74) is 3.28. The summed E-state index contributed by atoms with van der Waals surface area (Å²) in [6.07, 6.45) is 2.15. The lowest BCUT2D eigenvalue weighted by Gasteiger charge is -2.34. The van der Waals surface area contributed by atoms with Crippen molar-refractivity contribution in [3.63, 3.8) is 0 Å². The minimum atomic E-state index is -0.632. The lowest BCUT2D eigenvalue weighted by molar-refractivity contribution is -0.128. The monoisotopic (exact) mass is 382 g/mol. The first-order chi connectivity index (χ1) is 13.5. The predicted molar refractivity (Wildman–Crippen MR) is 106 cm³/mol. The van der Waals surface area contributed by atoms with Crippen LogP contribution in [-0.4, -0.2) is 57.5 Å². The van der Waals surface area contributed by atoms with Crippen molar-refractivity contribution in [2.75, 3.05) is 19.7 Å². The molecular formula is C21H26N4O3. The Bertz CT molecular complexity index is 851. The average Bonchev–Trinajstić information content (AvgIpc) is 2.69. The van der Waals surface area contributed by atoms with Crippen LogP contribution in [0.3, 0.4) is 0 Å². The number of piperazine rings is 1. The van der Waals surface area contributed by atoms with E-state index in [2.05, 4.69) is 22.2 Å². The molecule has 7 nitrogen and oxygen atoms in total. The van der Waals surface area contributed by atoms with Gasteiger partial charge >= 0.3 is 0 Å². The van der Waals surface area contributed by atoms with Crippen LogP contribution in [0.1, 0.15) is 41.6 Å². The Morgan fingerprint density at radius 2 is 2.04 bits per heavy atom. The topological polar surface area (TPSA) is 95.4 Å². The summed E-state index contributed by atoms with van der Waals surface area (Å²) in [5.74, 6) is 0.308. The first kappa shape index (κ1) is 19.9. The van der Waals surface area contributed by atoms with Crippen LogP contribution in [0.4, 0.5) is 0 Å². The van der Waals surface area contributed by atoms with Crippen LogP contribution in [0, 0.1) is 6.92 Å². The van der Waals surface area contributed by atoms with Crippen LogP contribution >= 0.6 is 0 Å². The number of benzene rings is 1. The Balaban J connectivity index is 1.82. The summed E-state index contributed by atoms with van der Waals surface area (Å²) < 4.78 is 0. The van der Waals surface area contributed by atoms with Gasteiger partial charge in [-0.15, -0.1) is 0 Å². The minimum Gasteiger partial charge on any atom is -0.396 e. The van der Waals surface area contributed by atoms with E-state index in [1.165, 1.54) is 4.90 Å². The normalized spacial score (nSPS) is 16.8. The second kappa shape index (κ2) is 8.93. The van der Waals surface area contributed by atoms with Gasteiger partial charge in [0.25, 0.3) is 5.91 Å². The number of nitrogens with one attached hydrogen (secondary N) is 1. The van der Waals surface area contributed by atoms with Crippen LogP contribution in [0.15, 0.2) is 30.3 Å². The van der Waals surface area contributed by atoms with Crippen LogP contribution in [-0.2, 0) is 11.2 Å². The molecule has 0 radical (unpaired) electrons. The van der Waals surface area contributed by atoms with Crippen molar-refractivity contribution in [3.8, 4) is 11.3 Å². The van der Waals surface area contributed by atoms with E-state index in [0.29, 0.717) is 18.7 Å². The van der Waals surface area contributed by atoms with Crippen molar-refractivity contribution in [2.45, 2.75) is 39.2 Å². The molecule has 1 fully saturated rings. The summed E-state index contributed by atoms with van der Waals surface area (Å²) in [7, 11) is 0. The van der Waals surface area contributed by atoms with Crippen LogP contribution < -0.4 is 5.32 Å². The zero-order valence-corrected chi connectivity index (χ0v) is 16.3. The summed E-state index contributed by atoms with van der Waals surface area (Å²) in [5, 5.41) is 12.0. The molecule has 2 aromatic rings. The predicted octanol–water partition coefficient (Wildman–Crippen LogP) is 1.73. The fraction of sp³-hybridized carbons (Fsp3) is 0.429. The molecule has 1 aromatic carbocycles. The molecule has 7 heteroatoms. The zero-order chi connectivity index (χ0) is 20.1. The van der Waals surface area contributed by atoms with Gasteiger partial charge in [-0.2, -0.15) is 0 Å². The van der Waals surface area contributed by atoms with Crippen molar-refractivity contribution >= 4 is 11.8 Å². The fourth-order valence-electron chi connectivity index (χ4n) is 3.48. The number of hydrogen-bond acceptors (Lipinski definition) is 5. The minimum absolute atomic E-state index is 0.145. The number of carbonyl (C=O) groups is 2. The van der Waals surface area contributed by atoms with Crippen LogP contribution in [0.2, 0.25) is 0 Å². The van der Waals surface area contributed by atoms with E-state index < -0.39 is 6.04 Å². The highest BCUT2D eigenvalue weighted by Crippen LogP contribution is 2.21. The SMILES string of the molecule is CCCc1cc(-c2ccc(C(=O)N3CCNC(=O)[C@H]3CCO)cc2)nc(C)n1. The van der Waals surface area contributed by atoms with Gasteiger partial charge in [-0.3, -0.25) is 9.59 Å². The molecule has 3 rings (SSSR count). The number of aliphatic hydroxyl groups is 1. The molecular weight excluding hydrogens is 356 g/mol. The standard InChI is InChI=1S/C21H26N4O3/c1-3-4-17-13-18(24-14(2)23-17)15-5-7-16(8-6-15)21(28)25-11-10-22-20(27)19(25)9-12-26/h5-8,13,19,26H,3-4,9-12H2,1-2H3,(H,22,27)/t19-/m1/s1. The van der Waals surface area contributed by atoms with Gasteiger partial charge in [-0.05, 0) is 38.0 Å². The summed E-state index contributed by atoms with van der Waals surface area (Å²) in [4.78, 5) is 35.5. The maximum absolute atomic E-state index is 12.9. The van der Waals surface area contributed by atoms with E-state index in [0.717, 1.165) is 35.6 Å². The number of aliphatic hydroxyl groups excluding tert-OH is 1. The largest absolute Gasteiger partial charge is 0.396 e. The Morgan fingerprint density at radius 1 is 1.29 bits per heavy atom. The highest BCUT2D eigenvalue weighted by molar-refractivity contribution is 5.98. The molecule has 2 heterocycles. The fourth-order valence-corrected chi connectivity index (χ4v) is 3.48. The van der Waals surface area contributed by atoms with Gasteiger partial charge in [0.15, 0.2) is 0 Å². The highest BCUT2D eigenvalue weighted by atomic mass is 16.3. The van der Waals surface area contributed by atoms with Gasteiger partial charge in [0.1, 0.15) is 11.9 Å². The Hall–Kier alpha value is -2.80. The van der Waals surface area contributed by atoms with Crippen molar-refractivity contribution in [1.82, 2.24) is 20.2 Å². The van der Waals surface area contributed by atoms with Gasteiger partial charge in [-0.1, -0.05) is 25.5 Å². The van der Waals surface area contributed by atoms with Crippen molar-refractivity contribution in [2.24, 2.45) is 0 Å². The van der Waals surface area contributed by atoms with E-state index in [1.54, 1.807) is 12.1 Å². The molecule has 1 saturated heterocycles. The smallest absolute Gasteiger partial charge is 0.254 e.